The number of nitrogens with one attached hydrogen (secondary N) is 1. The van der Waals surface area contributed by atoms with Gasteiger partial charge in [-0.15, -0.1) is 0 Å². The number of pyridine rings is 1. The molecule has 1 unspecified atom stereocenters. The van der Waals surface area contributed by atoms with E-state index in [9.17, 15) is 0 Å². The Balaban J connectivity index is 1.95. The lowest BCUT2D eigenvalue weighted by molar-refractivity contribution is 0.225. The molecule has 100 valence electrons. The predicted molar refractivity (Wildman–Crippen MR) is 74.9 cm³/mol. The largest absolute Gasteiger partial charge is 0.324 e. The third-order valence-electron chi connectivity index (χ3n) is 3.87. The molecule has 1 atom stereocenters. The van der Waals surface area contributed by atoms with E-state index in [-0.39, 0.29) is 0 Å². The van der Waals surface area contributed by atoms with Crippen molar-refractivity contribution in [3.8, 4) is 0 Å². The fourth-order valence-corrected chi connectivity index (χ4v) is 2.57. The molecule has 0 aliphatic carbocycles. The van der Waals surface area contributed by atoms with E-state index in [2.05, 4.69) is 36.1 Å². The summed E-state index contributed by atoms with van der Waals surface area (Å²) in [5.74, 6) is 6.20. The summed E-state index contributed by atoms with van der Waals surface area (Å²) in [6.45, 7) is 10.3. The van der Waals surface area contributed by atoms with Gasteiger partial charge in [-0.2, -0.15) is 0 Å². The number of likely N-dealkylation sites (tertiary alicyclic amines) is 1. The molecule has 2 rings (SSSR count). The second-order valence-corrected chi connectivity index (χ2v) is 6.27. The smallest absolute Gasteiger partial charge is 0.0564 e. The Kier molecular flexibility index (Phi) is 3.88. The van der Waals surface area contributed by atoms with Crippen molar-refractivity contribution in [1.29, 1.82) is 0 Å². The Labute approximate surface area is 110 Å². The Morgan fingerprint density at radius 3 is 2.89 bits per heavy atom. The summed E-state index contributed by atoms with van der Waals surface area (Å²) in [6, 6.07) is 3.90. The number of nitrogens with two attached hydrogens (primary N) is 1. The molecule has 1 aliphatic heterocycles. The molecule has 0 bridgehead atoms. The van der Waals surface area contributed by atoms with Gasteiger partial charge in [0, 0.05) is 19.3 Å². The van der Waals surface area contributed by atoms with Crippen LogP contribution in [0.15, 0.2) is 18.3 Å². The van der Waals surface area contributed by atoms with Crippen LogP contribution in [0.3, 0.4) is 0 Å². The van der Waals surface area contributed by atoms with E-state index in [1.165, 1.54) is 19.5 Å². The number of rotatable bonds is 3. The van der Waals surface area contributed by atoms with Crippen molar-refractivity contribution in [3.63, 3.8) is 0 Å². The van der Waals surface area contributed by atoms with Crippen molar-refractivity contribution in [2.45, 2.75) is 33.7 Å². The highest BCUT2D eigenvalue weighted by molar-refractivity contribution is 5.41. The summed E-state index contributed by atoms with van der Waals surface area (Å²) in [5, 5.41) is 0. The first-order valence-corrected chi connectivity index (χ1v) is 6.63. The summed E-state index contributed by atoms with van der Waals surface area (Å²) in [7, 11) is 0. The molecule has 0 radical (unpaired) electrons. The van der Waals surface area contributed by atoms with Gasteiger partial charge < -0.3 is 5.43 Å². The van der Waals surface area contributed by atoms with Crippen LogP contribution in [0.2, 0.25) is 0 Å². The number of hydrogen-bond donors (Lipinski definition) is 2. The van der Waals surface area contributed by atoms with Crippen LogP contribution in [0.25, 0.3) is 0 Å². The second-order valence-electron chi connectivity index (χ2n) is 6.27. The molecule has 0 saturated carbocycles. The minimum Gasteiger partial charge on any atom is -0.324 e. The van der Waals surface area contributed by atoms with Crippen LogP contribution >= 0.6 is 0 Å². The van der Waals surface area contributed by atoms with Gasteiger partial charge in [0.2, 0.25) is 0 Å². The van der Waals surface area contributed by atoms with Crippen molar-refractivity contribution in [3.05, 3.63) is 24.0 Å². The van der Waals surface area contributed by atoms with E-state index in [1.54, 1.807) is 0 Å². The topological polar surface area (TPSA) is 54.2 Å². The average molecular weight is 248 g/mol. The van der Waals surface area contributed by atoms with Gasteiger partial charge in [0.25, 0.3) is 0 Å². The fourth-order valence-electron chi connectivity index (χ4n) is 2.57. The van der Waals surface area contributed by atoms with Crippen LogP contribution in [-0.4, -0.2) is 23.0 Å². The minimum absolute atomic E-state index is 0.406. The van der Waals surface area contributed by atoms with E-state index in [0.717, 1.165) is 23.8 Å². The van der Waals surface area contributed by atoms with Gasteiger partial charge in [0.05, 0.1) is 11.4 Å². The molecular weight excluding hydrogens is 224 g/mol. The predicted octanol–water partition coefficient (Wildman–Crippen LogP) is 2.24. The Morgan fingerprint density at radius 2 is 2.28 bits per heavy atom. The molecule has 3 N–H and O–H groups in total. The van der Waals surface area contributed by atoms with Crippen molar-refractivity contribution in [2.24, 2.45) is 17.2 Å². The van der Waals surface area contributed by atoms with E-state index in [4.69, 9.17) is 5.84 Å². The lowest BCUT2D eigenvalue weighted by atomic mass is 9.80. The van der Waals surface area contributed by atoms with Crippen molar-refractivity contribution in [2.75, 3.05) is 18.5 Å². The van der Waals surface area contributed by atoms with E-state index in [1.807, 2.05) is 18.3 Å². The molecule has 0 aromatic carbocycles. The van der Waals surface area contributed by atoms with Crippen LogP contribution in [-0.2, 0) is 6.54 Å². The normalized spacial score (nSPS) is 21.2. The summed E-state index contributed by atoms with van der Waals surface area (Å²) in [4.78, 5) is 6.89. The molecule has 4 heteroatoms. The molecule has 1 aromatic rings. The number of nitrogens with zero attached hydrogens (tertiary/aromatic N) is 2. The van der Waals surface area contributed by atoms with Gasteiger partial charge in [-0.25, -0.2) is 0 Å². The maximum absolute atomic E-state index is 5.41. The Bertz CT molecular complexity index is 397. The highest BCUT2D eigenvalue weighted by atomic mass is 15.2. The lowest BCUT2D eigenvalue weighted by Gasteiger charge is -2.27. The van der Waals surface area contributed by atoms with Crippen LogP contribution in [0.5, 0.6) is 0 Å². The SMILES string of the molecule is CC(C)(C)C1CCN(Cc2cc(NN)ccn2)C1. The lowest BCUT2D eigenvalue weighted by Crippen LogP contribution is -2.26. The number of anilines is 1. The van der Waals surface area contributed by atoms with Crippen molar-refractivity contribution >= 4 is 5.69 Å². The standard InChI is InChI=1S/C14H24N4/c1-14(2,3)11-5-7-18(9-11)10-13-8-12(17-15)4-6-16-13/h4,6,8,11H,5,7,9-10,15H2,1-3H3,(H,16,17). The molecule has 4 nitrogen and oxygen atoms in total. The second kappa shape index (κ2) is 5.24. The molecule has 1 aromatic heterocycles. The zero-order valence-corrected chi connectivity index (χ0v) is 11.6. The third kappa shape index (κ3) is 3.21. The van der Waals surface area contributed by atoms with Crippen LogP contribution in [0.1, 0.15) is 32.9 Å². The fraction of sp³-hybridized carbons (Fsp3) is 0.643. The molecule has 2 heterocycles. The first-order chi connectivity index (χ1) is 8.49. The van der Waals surface area contributed by atoms with Crippen LogP contribution < -0.4 is 11.3 Å². The van der Waals surface area contributed by atoms with Crippen molar-refractivity contribution in [1.82, 2.24) is 9.88 Å². The number of hydrazine groups is 1. The summed E-state index contributed by atoms with van der Waals surface area (Å²) in [6.07, 6.45) is 3.10. The van der Waals surface area contributed by atoms with Gasteiger partial charge in [-0.05, 0) is 36.4 Å². The Morgan fingerprint density at radius 1 is 1.50 bits per heavy atom. The van der Waals surface area contributed by atoms with Crippen molar-refractivity contribution < 1.29 is 0 Å². The number of nitrogen functional groups attached to an aromatic ring is 1. The monoisotopic (exact) mass is 248 g/mol. The third-order valence-corrected chi connectivity index (χ3v) is 3.87. The summed E-state index contributed by atoms with van der Waals surface area (Å²) >= 11 is 0. The van der Waals surface area contributed by atoms with Crippen LogP contribution in [0, 0.1) is 11.3 Å². The van der Waals surface area contributed by atoms with E-state index >= 15 is 0 Å². The summed E-state index contributed by atoms with van der Waals surface area (Å²) in [5.41, 5.74) is 5.08. The highest BCUT2D eigenvalue weighted by Crippen LogP contribution is 2.33. The maximum Gasteiger partial charge on any atom is 0.0564 e. The molecular formula is C14H24N4. The van der Waals surface area contributed by atoms with Gasteiger partial charge >= 0.3 is 0 Å². The zero-order valence-electron chi connectivity index (χ0n) is 11.6. The van der Waals surface area contributed by atoms with Crippen LogP contribution in [0.4, 0.5) is 5.69 Å². The number of hydrogen-bond acceptors (Lipinski definition) is 4. The molecule has 1 aliphatic rings. The summed E-state index contributed by atoms with van der Waals surface area (Å²) < 4.78 is 0. The Hall–Kier alpha value is -1.13. The van der Waals surface area contributed by atoms with Gasteiger partial charge in [0.1, 0.15) is 0 Å². The van der Waals surface area contributed by atoms with Gasteiger partial charge in [-0.3, -0.25) is 15.7 Å². The first kappa shape index (κ1) is 13.3. The molecule has 18 heavy (non-hydrogen) atoms. The number of aromatic nitrogens is 1. The molecule has 1 fully saturated rings. The van der Waals surface area contributed by atoms with Gasteiger partial charge in [0.15, 0.2) is 0 Å². The van der Waals surface area contributed by atoms with E-state index < -0.39 is 0 Å². The van der Waals surface area contributed by atoms with E-state index in [0.29, 0.717) is 5.41 Å². The quantitative estimate of drug-likeness (QED) is 0.636. The zero-order chi connectivity index (χ0) is 13.2. The minimum atomic E-state index is 0.406. The maximum atomic E-state index is 5.41. The average Bonchev–Trinajstić information content (AvgIpc) is 2.77. The highest BCUT2D eigenvalue weighted by Gasteiger charge is 2.31. The van der Waals surface area contributed by atoms with Gasteiger partial charge in [-0.1, -0.05) is 20.8 Å². The molecule has 0 spiro atoms. The molecule has 0 amide bonds. The molecule has 1 saturated heterocycles. The first-order valence-electron chi connectivity index (χ1n) is 6.63.